The normalized spacial score (nSPS) is 16.8. The molecule has 0 amide bonds. The predicted octanol–water partition coefficient (Wildman–Crippen LogP) is 2.46. The average Bonchev–Trinajstić information content (AvgIpc) is 2.59. The van der Waals surface area contributed by atoms with E-state index in [4.69, 9.17) is 4.74 Å². The Morgan fingerprint density at radius 1 is 1.16 bits per heavy atom. The van der Waals surface area contributed by atoms with Crippen molar-refractivity contribution >= 4 is 10.0 Å². The minimum atomic E-state index is -3.52. The zero-order chi connectivity index (χ0) is 18.0. The number of aryl methyl sites for hydroxylation is 2. The van der Waals surface area contributed by atoms with Gasteiger partial charge in [-0.25, -0.2) is 22.8 Å². The zero-order valence-electron chi connectivity index (χ0n) is 14.1. The Labute approximate surface area is 146 Å². The molecule has 1 aromatic heterocycles. The highest BCUT2D eigenvalue weighted by Crippen LogP contribution is 2.25. The van der Waals surface area contributed by atoms with Gasteiger partial charge in [0.1, 0.15) is 6.10 Å². The lowest BCUT2D eigenvalue weighted by molar-refractivity contribution is 0.124. The summed E-state index contributed by atoms with van der Waals surface area (Å²) in [6, 6.07) is 5.54. The fraction of sp³-hybridized carbons (Fsp3) is 0.412. The van der Waals surface area contributed by atoms with Crippen molar-refractivity contribution in [2.75, 3.05) is 13.1 Å². The van der Waals surface area contributed by atoms with Crippen molar-refractivity contribution in [3.8, 4) is 6.01 Å². The number of rotatable bonds is 4. The number of ether oxygens (including phenoxy) is 1. The van der Waals surface area contributed by atoms with E-state index in [0.717, 1.165) is 23.5 Å². The van der Waals surface area contributed by atoms with Crippen molar-refractivity contribution in [3.63, 3.8) is 0 Å². The summed E-state index contributed by atoms with van der Waals surface area (Å²) in [5, 5.41) is 0. The minimum Gasteiger partial charge on any atom is -0.460 e. The standard InChI is InChI=1S/C17H20FN3O3S/c1-12-3-4-13(2)16(9-12)25(22,23)21-7-5-15(6-8-21)24-17-19-10-14(18)11-20-17/h3-4,9-11,15H,5-8H2,1-2H3. The van der Waals surface area contributed by atoms with E-state index in [-0.39, 0.29) is 12.1 Å². The first-order chi connectivity index (χ1) is 11.9. The average molecular weight is 365 g/mol. The van der Waals surface area contributed by atoms with Gasteiger partial charge in [-0.3, -0.25) is 0 Å². The quantitative estimate of drug-likeness (QED) is 0.832. The summed E-state index contributed by atoms with van der Waals surface area (Å²) in [6.07, 6.45) is 2.97. The van der Waals surface area contributed by atoms with Crippen molar-refractivity contribution in [1.82, 2.24) is 14.3 Å². The number of hydrogen-bond acceptors (Lipinski definition) is 5. The third-order valence-corrected chi connectivity index (χ3v) is 6.27. The summed E-state index contributed by atoms with van der Waals surface area (Å²) < 4.78 is 45.7. The number of halogens is 1. The van der Waals surface area contributed by atoms with Crippen LogP contribution in [0.1, 0.15) is 24.0 Å². The van der Waals surface area contributed by atoms with Crippen LogP contribution in [-0.2, 0) is 10.0 Å². The fourth-order valence-corrected chi connectivity index (χ4v) is 4.60. The number of nitrogens with zero attached hydrogens (tertiary/aromatic N) is 3. The molecular weight excluding hydrogens is 345 g/mol. The Bertz CT molecular complexity index is 848. The van der Waals surface area contributed by atoms with Crippen molar-refractivity contribution in [3.05, 3.63) is 47.5 Å². The lowest BCUT2D eigenvalue weighted by atomic mass is 10.1. The van der Waals surface area contributed by atoms with Crippen molar-refractivity contribution in [1.29, 1.82) is 0 Å². The molecule has 0 aliphatic carbocycles. The second-order valence-corrected chi connectivity index (χ2v) is 8.08. The van der Waals surface area contributed by atoms with Crippen molar-refractivity contribution in [2.45, 2.75) is 37.7 Å². The second-order valence-electron chi connectivity index (χ2n) is 6.17. The van der Waals surface area contributed by atoms with E-state index in [1.165, 1.54) is 4.31 Å². The molecule has 0 unspecified atom stereocenters. The van der Waals surface area contributed by atoms with Crippen LogP contribution in [0.3, 0.4) is 0 Å². The molecule has 0 saturated carbocycles. The number of hydrogen-bond donors (Lipinski definition) is 0. The van der Waals surface area contributed by atoms with Gasteiger partial charge in [-0.1, -0.05) is 12.1 Å². The largest absolute Gasteiger partial charge is 0.460 e. The SMILES string of the molecule is Cc1ccc(C)c(S(=O)(=O)N2CCC(Oc3ncc(F)cn3)CC2)c1. The lowest BCUT2D eigenvalue weighted by Gasteiger charge is -2.31. The van der Waals surface area contributed by atoms with Gasteiger partial charge in [0.15, 0.2) is 5.82 Å². The van der Waals surface area contributed by atoms with Crippen LogP contribution in [0, 0.1) is 19.7 Å². The van der Waals surface area contributed by atoms with Gasteiger partial charge in [0.2, 0.25) is 10.0 Å². The smallest absolute Gasteiger partial charge is 0.316 e. The van der Waals surface area contributed by atoms with E-state index < -0.39 is 15.8 Å². The third kappa shape index (κ3) is 3.96. The highest BCUT2D eigenvalue weighted by molar-refractivity contribution is 7.89. The molecule has 25 heavy (non-hydrogen) atoms. The lowest BCUT2D eigenvalue weighted by Crippen LogP contribution is -2.42. The van der Waals surface area contributed by atoms with E-state index in [0.29, 0.717) is 30.8 Å². The first-order valence-electron chi connectivity index (χ1n) is 8.08. The molecule has 3 rings (SSSR count). The number of piperidine rings is 1. The molecule has 1 saturated heterocycles. The van der Waals surface area contributed by atoms with Gasteiger partial charge >= 0.3 is 6.01 Å². The van der Waals surface area contributed by atoms with E-state index in [9.17, 15) is 12.8 Å². The summed E-state index contributed by atoms with van der Waals surface area (Å²) in [7, 11) is -3.52. The molecule has 6 nitrogen and oxygen atoms in total. The summed E-state index contributed by atoms with van der Waals surface area (Å²) in [6.45, 7) is 4.40. The molecule has 134 valence electrons. The Balaban J connectivity index is 1.67. The monoisotopic (exact) mass is 365 g/mol. The number of benzene rings is 1. The van der Waals surface area contributed by atoms with E-state index in [2.05, 4.69) is 9.97 Å². The molecule has 1 aliphatic rings. The minimum absolute atomic E-state index is 0.109. The molecule has 0 bridgehead atoms. The first kappa shape index (κ1) is 17.8. The Kier molecular flexibility index (Phi) is 5.01. The van der Waals surface area contributed by atoms with Crippen LogP contribution in [0.2, 0.25) is 0 Å². The molecule has 1 fully saturated rings. The summed E-state index contributed by atoms with van der Waals surface area (Å²) >= 11 is 0. The van der Waals surface area contributed by atoms with Crippen LogP contribution in [0.5, 0.6) is 6.01 Å². The van der Waals surface area contributed by atoms with Crippen LogP contribution in [-0.4, -0.2) is 41.9 Å². The second kappa shape index (κ2) is 7.05. The van der Waals surface area contributed by atoms with Gasteiger partial charge in [-0.05, 0) is 43.9 Å². The summed E-state index contributed by atoms with van der Waals surface area (Å²) in [5.74, 6) is -0.526. The van der Waals surface area contributed by atoms with Crippen LogP contribution in [0.4, 0.5) is 4.39 Å². The molecule has 1 aromatic carbocycles. The Morgan fingerprint density at radius 3 is 2.44 bits per heavy atom. The maximum absolute atomic E-state index is 12.9. The van der Waals surface area contributed by atoms with Crippen molar-refractivity contribution in [2.24, 2.45) is 0 Å². The molecule has 0 atom stereocenters. The Morgan fingerprint density at radius 2 is 1.80 bits per heavy atom. The molecule has 8 heteroatoms. The predicted molar refractivity (Wildman–Crippen MR) is 90.3 cm³/mol. The highest BCUT2D eigenvalue weighted by atomic mass is 32.2. The topological polar surface area (TPSA) is 72.4 Å². The van der Waals surface area contributed by atoms with Gasteiger partial charge in [-0.2, -0.15) is 4.31 Å². The van der Waals surface area contributed by atoms with E-state index in [1.54, 1.807) is 13.0 Å². The molecule has 2 aromatic rings. The van der Waals surface area contributed by atoms with Crippen molar-refractivity contribution < 1.29 is 17.5 Å². The van der Waals surface area contributed by atoms with Gasteiger partial charge < -0.3 is 4.74 Å². The molecule has 0 radical (unpaired) electrons. The van der Waals surface area contributed by atoms with Gasteiger partial charge in [0.25, 0.3) is 0 Å². The third-order valence-electron chi connectivity index (χ3n) is 4.23. The van der Waals surface area contributed by atoms with E-state index >= 15 is 0 Å². The van der Waals surface area contributed by atoms with Crippen LogP contribution in [0.15, 0.2) is 35.5 Å². The highest BCUT2D eigenvalue weighted by Gasteiger charge is 2.31. The van der Waals surface area contributed by atoms with Crippen LogP contribution in [0.25, 0.3) is 0 Å². The summed E-state index contributed by atoms with van der Waals surface area (Å²) in [4.78, 5) is 7.89. The van der Waals surface area contributed by atoms with Gasteiger partial charge in [0, 0.05) is 13.1 Å². The number of sulfonamides is 1. The van der Waals surface area contributed by atoms with Gasteiger partial charge in [-0.15, -0.1) is 0 Å². The van der Waals surface area contributed by atoms with Crippen LogP contribution >= 0.6 is 0 Å². The zero-order valence-corrected chi connectivity index (χ0v) is 15.0. The summed E-state index contributed by atoms with van der Waals surface area (Å²) in [5.41, 5.74) is 1.65. The molecule has 0 N–H and O–H groups in total. The maximum Gasteiger partial charge on any atom is 0.316 e. The fourth-order valence-electron chi connectivity index (χ4n) is 2.82. The first-order valence-corrected chi connectivity index (χ1v) is 9.52. The molecule has 1 aliphatic heterocycles. The molecular formula is C17H20FN3O3S. The molecule has 2 heterocycles. The van der Waals surface area contributed by atoms with Crippen LogP contribution < -0.4 is 4.74 Å². The maximum atomic E-state index is 12.9. The van der Waals surface area contributed by atoms with E-state index in [1.807, 2.05) is 19.1 Å². The molecule has 0 spiro atoms. The Hall–Kier alpha value is -2.06. The van der Waals surface area contributed by atoms with Gasteiger partial charge in [0.05, 0.1) is 17.3 Å². The number of aromatic nitrogens is 2.